The second kappa shape index (κ2) is 11.3. The Kier molecular flexibility index (Phi) is 8.56. The molecule has 0 spiro atoms. The number of carboxylic acid groups (broad SMARTS) is 1. The molecule has 4 rings (SSSR count). The number of carbonyl (C=O) groups is 1. The molecule has 0 unspecified atom stereocenters. The molecule has 0 aliphatic rings. The molecule has 0 saturated carbocycles. The van der Waals surface area contributed by atoms with Gasteiger partial charge in [-0.15, -0.1) is 0 Å². The fourth-order valence-electron chi connectivity index (χ4n) is 3.58. The number of hydrogen-bond acceptors (Lipinski definition) is 5. The molecular formula is C25H28N4O3. The third kappa shape index (κ3) is 5.53. The number of nitrogens with one attached hydrogen (secondary N) is 1. The van der Waals surface area contributed by atoms with Gasteiger partial charge in [0.2, 0.25) is 0 Å². The number of nitrogens with two attached hydrogens (primary N) is 2. The van der Waals surface area contributed by atoms with Crippen LogP contribution < -0.4 is 16.2 Å². The van der Waals surface area contributed by atoms with E-state index in [2.05, 4.69) is 54.1 Å². The van der Waals surface area contributed by atoms with Gasteiger partial charge in [0.15, 0.2) is 5.88 Å². The van der Waals surface area contributed by atoms with E-state index >= 15 is 0 Å². The van der Waals surface area contributed by atoms with Crippen molar-refractivity contribution in [3.63, 3.8) is 0 Å². The summed E-state index contributed by atoms with van der Waals surface area (Å²) in [5, 5.41) is 17.9. The van der Waals surface area contributed by atoms with Crippen LogP contribution in [0, 0.1) is 12.3 Å². The Balaban J connectivity index is 0.000000671. The molecule has 1 aromatic heterocycles. The summed E-state index contributed by atoms with van der Waals surface area (Å²) in [6.07, 6.45) is 1.38. The molecule has 0 aliphatic heterocycles. The van der Waals surface area contributed by atoms with Gasteiger partial charge in [-0.3, -0.25) is 4.79 Å². The second-order valence-electron chi connectivity index (χ2n) is 6.81. The van der Waals surface area contributed by atoms with Crippen molar-refractivity contribution in [2.24, 2.45) is 11.5 Å². The van der Waals surface area contributed by atoms with Crippen LogP contribution in [-0.2, 0) is 11.3 Å². The quantitative estimate of drug-likeness (QED) is 0.213. The van der Waals surface area contributed by atoms with Gasteiger partial charge >= 0.3 is 0 Å². The van der Waals surface area contributed by atoms with E-state index in [4.69, 9.17) is 25.8 Å². The van der Waals surface area contributed by atoms with Gasteiger partial charge in [0.05, 0.1) is 0 Å². The Morgan fingerprint density at radius 3 is 2.47 bits per heavy atom. The third-order valence-corrected chi connectivity index (χ3v) is 4.80. The van der Waals surface area contributed by atoms with Crippen LogP contribution in [0.3, 0.4) is 0 Å². The molecule has 7 nitrogen and oxygen atoms in total. The summed E-state index contributed by atoms with van der Waals surface area (Å²) in [5.74, 6) is 0.861. The molecule has 0 radical (unpaired) electrons. The van der Waals surface area contributed by atoms with Crippen LogP contribution in [0.2, 0.25) is 0 Å². The van der Waals surface area contributed by atoms with Crippen molar-refractivity contribution in [3.05, 3.63) is 89.9 Å². The maximum absolute atomic E-state index is 8.36. The first-order valence-corrected chi connectivity index (χ1v) is 9.86. The summed E-state index contributed by atoms with van der Waals surface area (Å²) >= 11 is 0. The molecule has 0 saturated heterocycles. The molecular weight excluding hydrogens is 404 g/mol. The standard InChI is InChI=1S/C23H21N3O.CH5N.CH2O2/c1-15-9-19-8-7-17(13-24)10-23(19)26(15)14-20-12-21(27-16(2)25)11-18-5-3-4-6-22(18)20;1-2;2-1-3/h3-13,24H,2,14,25H2,1H3;2H2,1H3;1H,(H,2,3). The molecule has 0 aliphatic carbocycles. The minimum Gasteiger partial charge on any atom is -0.483 e. The van der Waals surface area contributed by atoms with Crippen LogP contribution in [0.1, 0.15) is 16.8 Å². The number of benzene rings is 3. The first kappa shape index (κ1) is 24.2. The van der Waals surface area contributed by atoms with Crippen molar-refractivity contribution >= 4 is 34.4 Å². The van der Waals surface area contributed by atoms with E-state index in [1.807, 2.05) is 30.3 Å². The van der Waals surface area contributed by atoms with Crippen molar-refractivity contribution in [1.29, 1.82) is 5.41 Å². The maximum atomic E-state index is 8.36. The van der Waals surface area contributed by atoms with Crippen LogP contribution in [-0.4, -0.2) is 29.4 Å². The molecule has 0 fully saturated rings. The number of fused-ring (bicyclic) bond motifs is 2. The zero-order valence-electron chi connectivity index (χ0n) is 18.2. The molecule has 3 aromatic carbocycles. The minimum absolute atomic E-state index is 0.175. The fraction of sp³-hybridized carbons (Fsp3) is 0.120. The highest BCUT2D eigenvalue weighted by Crippen LogP contribution is 2.29. The Morgan fingerprint density at radius 1 is 1.12 bits per heavy atom. The SMILES string of the molecule is C=C(N)Oc1cc(Cn2c(C)cc3ccc(C=N)cc32)c2ccccc2c1.CN.O=CO. The van der Waals surface area contributed by atoms with Crippen LogP contribution in [0.15, 0.2) is 73.1 Å². The zero-order chi connectivity index (χ0) is 23.7. The molecule has 0 bridgehead atoms. The Bertz CT molecular complexity index is 1240. The lowest BCUT2D eigenvalue weighted by atomic mass is 10.0. The third-order valence-electron chi connectivity index (χ3n) is 4.80. The Morgan fingerprint density at radius 2 is 1.81 bits per heavy atom. The van der Waals surface area contributed by atoms with E-state index in [1.165, 1.54) is 29.7 Å². The van der Waals surface area contributed by atoms with Gasteiger partial charge in [-0.05, 0) is 72.1 Å². The van der Waals surface area contributed by atoms with E-state index in [0.717, 1.165) is 22.0 Å². The van der Waals surface area contributed by atoms with E-state index < -0.39 is 0 Å². The average molecular weight is 433 g/mol. The molecule has 32 heavy (non-hydrogen) atoms. The molecule has 6 N–H and O–H groups in total. The Labute approximate surface area is 187 Å². The lowest BCUT2D eigenvalue weighted by molar-refractivity contribution is -0.122. The van der Waals surface area contributed by atoms with E-state index in [-0.39, 0.29) is 12.4 Å². The van der Waals surface area contributed by atoms with Gasteiger partial charge in [-0.2, -0.15) is 0 Å². The molecule has 4 aromatic rings. The summed E-state index contributed by atoms with van der Waals surface area (Å²) in [5.41, 5.74) is 14.5. The molecule has 1 heterocycles. The van der Waals surface area contributed by atoms with Gasteiger partial charge in [0.1, 0.15) is 5.75 Å². The predicted molar refractivity (Wildman–Crippen MR) is 130 cm³/mol. The fourth-order valence-corrected chi connectivity index (χ4v) is 3.58. The van der Waals surface area contributed by atoms with E-state index in [9.17, 15) is 0 Å². The number of rotatable bonds is 5. The number of aromatic nitrogens is 1. The van der Waals surface area contributed by atoms with Crippen molar-refractivity contribution in [2.75, 3.05) is 7.05 Å². The number of hydrogen-bond donors (Lipinski definition) is 4. The van der Waals surface area contributed by atoms with Gasteiger partial charge in [0, 0.05) is 24.0 Å². The van der Waals surface area contributed by atoms with Crippen molar-refractivity contribution in [2.45, 2.75) is 13.5 Å². The summed E-state index contributed by atoms with van der Waals surface area (Å²) in [6, 6.07) is 20.5. The largest absolute Gasteiger partial charge is 0.483 e. The minimum atomic E-state index is -0.250. The monoisotopic (exact) mass is 432 g/mol. The molecule has 0 atom stereocenters. The van der Waals surface area contributed by atoms with Crippen LogP contribution >= 0.6 is 0 Å². The van der Waals surface area contributed by atoms with Gasteiger partial charge < -0.3 is 31.3 Å². The smallest absolute Gasteiger partial charge is 0.290 e. The topological polar surface area (TPSA) is 127 Å². The summed E-state index contributed by atoms with van der Waals surface area (Å²) in [6.45, 7) is 6.19. The first-order chi connectivity index (χ1) is 15.5. The van der Waals surface area contributed by atoms with Crippen molar-refractivity contribution in [3.8, 4) is 5.75 Å². The molecule has 166 valence electrons. The first-order valence-electron chi connectivity index (χ1n) is 9.86. The van der Waals surface area contributed by atoms with Crippen LogP contribution in [0.5, 0.6) is 5.75 Å². The maximum Gasteiger partial charge on any atom is 0.290 e. The van der Waals surface area contributed by atoms with Gasteiger partial charge in [-0.25, -0.2) is 0 Å². The van der Waals surface area contributed by atoms with Crippen LogP contribution in [0.25, 0.3) is 21.7 Å². The van der Waals surface area contributed by atoms with Crippen molar-refractivity contribution in [1.82, 2.24) is 4.57 Å². The van der Waals surface area contributed by atoms with E-state index in [1.54, 1.807) is 0 Å². The molecule has 0 amide bonds. The van der Waals surface area contributed by atoms with Gasteiger partial charge in [-0.1, -0.05) is 36.4 Å². The van der Waals surface area contributed by atoms with Crippen LogP contribution in [0.4, 0.5) is 0 Å². The highest BCUT2D eigenvalue weighted by molar-refractivity contribution is 5.90. The summed E-state index contributed by atoms with van der Waals surface area (Å²) in [4.78, 5) is 8.36. The lowest BCUT2D eigenvalue weighted by Gasteiger charge is -2.14. The summed E-state index contributed by atoms with van der Waals surface area (Å²) in [7, 11) is 1.50. The Hall–Kier alpha value is -4.10. The highest BCUT2D eigenvalue weighted by Gasteiger charge is 2.11. The lowest BCUT2D eigenvalue weighted by Crippen LogP contribution is -2.06. The number of nitrogens with zero attached hydrogens (tertiary/aromatic N) is 1. The molecule has 7 heteroatoms. The average Bonchev–Trinajstić information content (AvgIpc) is 3.09. The second-order valence-corrected chi connectivity index (χ2v) is 6.81. The number of aryl methyl sites for hydroxylation is 1. The predicted octanol–water partition coefficient (Wildman–Crippen LogP) is 4.23. The normalized spacial score (nSPS) is 9.84. The van der Waals surface area contributed by atoms with E-state index in [0.29, 0.717) is 12.3 Å². The summed E-state index contributed by atoms with van der Waals surface area (Å²) < 4.78 is 7.85. The van der Waals surface area contributed by atoms with Gasteiger partial charge in [0.25, 0.3) is 6.47 Å². The van der Waals surface area contributed by atoms with Crippen molar-refractivity contribution < 1.29 is 14.6 Å². The number of ether oxygens (including phenoxy) is 1. The zero-order valence-corrected chi connectivity index (χ0v) is 18.2. The highest BCUT2D eigenvalue weighted by atomic mass is 16.5.